The van der Waals surface area contributed by atoms with Gasteiger partial charge in [-0.25, -0.2) is 8.42 Å². The number of benzene rings is 2. The van der Waals surface area contributed by atoms with Crippen LogP contribution in [0.5, 0.6) is 0 Å². The van der Waals surface area contributed by atoms with Crippen LogP contribution in [-0.2, 0) is 10.0 Å². The lowest BCUT2D eigenvalue weighted by Crippen LogP contribution is -2.18. The van der Waals surface area contributed by atoms with Gasteiger partial charge in [-0.1, -0.05) is 36.4 Å². The zero-order chi connectivity index (χ0) is 13.0. The standard InChI is InChI=1S/C14H10N2O2S/c17-19(18)14-10-6-2-3-7-11(10)15-13(14)9-5-1-4-8-12(9)16-19/h1-8,15-16H. The minimum atomic E-state index is -3.52. The van der Waals surface area contributed by atoms with Gasteiger partial charge >= 0.3 is 0 Å². The van der Waals surface area contributed by atoms with Crippen LogP contribution >= 0.6 is 0 Å². The molecular formula is C14H10N2O2S. The quantitative estimate of drug-likeness (QED) is 0.659. The molecule has 3 aromatic rings. The molecule has 1 aliphatic heterocycles. The lowest BCUT2D eigenvalue weighted by Gasteiger charge is -2.18. The SMILES string of the molecule is O=S1(=O)Nc2ccccc2-c2[nH]c3ccccc3c21. The molecule has 0 saturated heterocycles. The Hall–Kier alpha value is -2.27. The van der Waals surface area contributed by atoms with Crippen molar-refractivity contribution in [1.82, 2.24) is 4.98 Å². The molecule has 2 N–H and O–H groups in total. The van der Waals surface area contributed by atoms with Crippen LogP contribution in [0.3, 0.4) is 0 Å². The van der Waals surface area contributed by atoms with Crippen LogP contribution < -0.4 is 4.72 Å². The van der Waals surface area contributed by atoms with E-state index in [0.29, 0.717) is 16.3 Å². The number of anilines is 1. The van der Waals surface area contributed by atoms with Crippen LogP contribution in [0.25, 0.3) is 22.2 Å². The molecule has 0 unspecified atom stereocenters. The predicted molar refractivity (Wildman–Crippen MR) is 74.5 cm³/mol. The molecule has 1 aromatic heterocycles. The van der Waals surface area contributed by atoms with Gasteiger partial charge in [-0.15, -0.1) is 0 Å². The van der Waals surface area contributed by atoms with Crippen molar-refractivity contribution in [3.05, 3.63) is 48.5 Å². The van der Waals surface area contributed by atoms with Crippen LogP contribution in [0.1, 0.15) is 0 Å². The molecule has 2 heterocycles. The van der Waals surface area contributed by atoms with Crippen molar-refractivity contribution >= 4 is 26.6 Å². The molecule has 5 heteroatoms. The zero-order valence-corrected chi connectivity index (χ0v) is 10.7. The Kier molecular flexibility index (Phi) is 1.90. The fraction of sp³-hybridized carbons (Fsp3) is 0. The van der Waals surface area contributed by atoms with Crippen molar-refractivity contribution in [3.8, 4) is 11.3 Å². The molecular weight excluding hydrogens is 260 g/mol. The van der Waals surface area contributed by atoms with Gasteiger partial charge in [-0.2, -0.15) is 0 Å². The van der Waals surface area contributed by atoms with Gasteiger partial charge in [0, 0.05) is 16.5 Å². The summed E-state index contributed by atoms with van der Waals surface area (Å²) in [7, 11) is -3.52. The van der Waals surface area contributed by atoms with Crippen molar-refractivity contribution in [2.24, 2.45) is 0 Å². The second-order valence-corrected chi connectivity index (χ2v) is 6.15. The number of hydrogen-bond donors (Lipinski definition) is 2. The number of H-pyrrole nitrogens is 1. The molecule has 0 fully saturated rings. The average molecular weight is 270 g/mol. The van der Waals surface area contributed by atoms with Crippen LogP contribution in [-0.4, -0.2) is 13.4 Å². The summed E-state index contributed by atoms with van der Waals surface area (Å²) in [5, 5.41) is 0.722. The zero-order valence-electron chi connectivity index (χ0n) is 9.84. The highest BCUT2D eigenvalue weighted by Gasteiger charge is 2.30. The van der Waals surface area contributed by atoms with E-state index >= 15 is 0 Å². The van der Waals surface area contributed by atoms with E-state index in [1.54, 1.807) is 6.07 Å². The number of aromatic nitrogens is 1. The van der Waals surface area contributed by atoms with Crippen molar-refractivity contribution in [1.29, 1.82) is 0 Å². The first kappa shape index (κ1) is 10.6. The number of nitrogens with one attached hydrogen (secondary N) is 2. The van der Waals surface area contributed by atoms with Gasteiger partial charge in [0.25, 0.3) is 10.0 Å². The van der Waals surface area contributed by atoms with Crippen molar-refractivity contribution in [3.63, 3.8) is 0 Å². The van der Waals surface area contributed by atoms with E-state index in [0.717, 1.165) is 16.5 Å². The van der Waals surface area contributed by atoms with Gasteiger partial charge in [0.05, 0.1) is 11.4 Å². The molecule has 0 saturated carbocycles. The van der Waals surface area contributed by atoms with E-state index in [-0.39, 0.29) is 0 Å². The summed E-state index contributed by atoms with van der Waals surface area (Å²) in [5.41, 5.74) is 2.98. The molecule has 0 radical (unpaired) electrons. The maximum atomic E-state index is 12.4. The molecule has 0 atom stereocenters. The lowest BCUT2D eigenvalue weighted by molar-refractivity contribution is 0.602. The van der Waals surface area contributed by atoms with Crippen LogP contribution in [0, 0.1) is 0 Å². The molecule has 94 valence electrons. The largest absolute Gasteiger partial charge is 0.353 e. The van der Waals surface area contributed by atoms with E-state index in [9.17, 15) is 8.42 Å². The van der Waals surface area contributed by atoms with Crippen molar-refractivity contribution in [2.75, 3.05) is 4.72 Å². The molecule has 0 amide bonds. The highest BCUT2D eigenvalue weighted by Crippen LogP contribution is 2.41. The van der Waals surface area contributed by atoms with Crippen LogP contribution in [0.15, 0.2) is 53.4 Å². The summed E-state index contributed by atoms with van der Waals surface area (Å²) in [6.07, 6.45) is 0. The molecule has 19 heavy (non-hydrogen) atoms. The minimum absolute atomic E-state index is 0.335. The third-order valence-corrected chi connectivity index (χ3v) is 4.82. The summed E-state index contributed by atoms with van der Waals surface area (Å²) >= 11 is 0. The summed E-state index contributed by atoms with van der Waals surface area (Å²) in [5.74, 6) is 0. The maximum absolute atomic E-state index is 12.4. The van der Waals surface area contributed by atoms with Gasteiger partial charge in [0.1, 0.15) is 4.90 Å². The average Bonchev–Trinajstić information content (AvgIpc) is 2.78. The van der Waals surface area contributed by atoms with Crippen LogP contribution in [0.2, 0.25) is 0 Å². The van der Waals surface area contributed by atoms with Crippen molar-refractivity contribution in [2.45, 2.75) is 4.90 Å². The molecule has 0 bridgehead atoms. The number of para-hydroxylation sites is 2. The lowest BCUT2D eigenvalue weighted by atomic mass is 10.1. The Morgan fingerprint density at radius 1 is 0.895 bits per heavy atom. The third kappa shape index (κ3) is 1.36. The molecule has 2 aromatic carbocycles. The van der Waals surface area contributed by atoms with E-state index in [4.69, 9.17) is 0 Å². The Morgan fingerprint density at radius 2 is 1.63 bits per heavy atom. The molecule has 1 aliphatic rings. The predicted octanol–water partition coefficient (Wildman–Crippen LogP) is 2.95. The first-order valence-electron chi connectivity index (χ1n) is 5.90. The Balaban J connectivity index is 2.22. The Morgan fingerprint density at radius 3 is 2.53 bits per heavy atom. The number of hydrogen-bond acceptors (Lipinski definition) is 2. The van der Waals surface area contributed by atoms with E-state index in [1.165, 1.54) is 0 Å². The normalized spacial score (nSPS) is 15.6. The summed E-state index contributed by atoms with van der Waals surface area (Å²) < 4.78 is 27.4. The third-order valence-electron chi connectivity index (χ3n) is 3.37. The number of fused-ring (bicyclic) bond motifs is 5. The van der Waals surface area contributed by atoms with E-state index < -0.39 is 10.0 Å². The topological polar surface area (TPSA) is 62.0 Å². The van der Waals surface area contributed by atoms with Gasteiger partial charge in [-0.05, 0) is 12.1 Å². The fourth-order valence-electron chi connectivity index (χ4n) is 2.57. The van der Waals surface area contributed by atoms with Crippen molar-refractivity contribution < 1.29 is 8.42 Å². The number of sulfonamides is 1. The van der Waals surface area contributed by atoms with Gasteiger partial charge < -0.3 is 4.98 Å². The molecule has 0 spiro atoms. The highest BCUT2D eigenvalue weighted by atomic mass is 32.2. The number of aromatic amines is 1. The molecule has 4 nitrogen and oxygen atoms in total. The first-order valence-corrected chi connectivity index (χ1v) is 7.38. The molecule has 0 aliphatic carbocycles. The maximum Gasteiger partial charge on any atom is 0.264 e. The Bertz CT molecular complexity index is 910. The number of rotatable bonds is 0. The highest BCUT2D eigenvalue weighted by molar-refractivity contribution is 7.93. The van der Waals surface area contributed by atoms with E-state index in [1.807, 2.05) is 42.5 Å². The second-order valence-electron chi connectivity index (χ2n) is 4.53. The second kappa shape index (κ2) is 3.39. The smallest absolute Gasteiger partial charge is 0.264 e. The van der Waals surface area contributed by atoms with Crippen LogP contribution in [0.4, 0.5) is 5.69 Å². The minimum Gasteiger partial charge on any atom is -0.353 e. The summed E-state index contributed by atoms with van der Waals surface area (Å²) in [6, 6.07) is 14.8. The Labute approximate surface area is 110 Å². The molecule has 4 rings (SSSR count). The van der Waals surface area contributed by atoms with Gasteiger partial charge in [-0.3, -0.25) is 4.72 Å². The monoisotopic (exact) mass is 270 g/mol. The summed E-state index contributed by atoms with van der Waals surface area (Å²) in [6.45, 7) is 0. The van der Waals surface area contributed by atoms with Gasteiger partial charge in [0.2, 0.25) is 0 Å². The first-order chi connectivity index (χ1) is 9.17. The van der Waals surface area contributed by atoms with Gasteiger partial charge in [0.15, 0.2) is 0 Å². The fourth-order valence-corrected chi connectivity index (χ4v) is 4.04. The summed E-state index contributed by atoms with van der Waals surface area (Å²) in [4.78, 5) is 3.54. The van der Waals surface area contributed by atoms with E-state index in [2.05, 4.69) is 9.71 Å².